The molecule has 1 aliphatic rings. The van der Waals surface area contributed by atoms with Gasteiger partial charge in [-0.15, -0.1) is 0 Å². The number of amides is 2. The monoisotopic (exact) mass is 466 g/mol. The van der Waals surface area contributed by atoms with Gasteiger partial charge in [0.05, 0.1) is 6.42 Å². The Balaban J connectivity index is 1.60. The molecule has 0 saturated heterocycles. The van der Waals surface area contributed by atoms with E-state index in [4.69, 9.17) is 9.84 Å². The zero-order valence-corrected chi connectivity index (χ0v) is 20.2. The van der Waals surface area contributed by atoms with Crippen LogP contribution in [0, 0.1) is 17.8 Å². The smallest absolute Gasteiger partial charge is 0.407 e. The van der Waals surface area contributed by atoms with Crippen LogP contribution in [0.25, 0.3) is 11.1 Å². The zero-order valence-electron chi connectivity index (χ0n) is 20.2. The van der Waals surface area contributed by atoms with Crippen LogP contribution >= 0.6 is 0 Å². The summed E-state index contributed by atoms with van der Waals surface area (Å²) in [6, 6.07) is 15.4. The summed E-state index contributed by atoms with van der Waals surface area (Å²) in [6.07, 6.45) is -0.675. The van der Waals surface area contributed by atoms with E-state index in [0.29, 0.717) is 0 Å². The molecule has 3 rings (SSSR count). The highest BCUT2D eigenvalue weighted by Crippen LogP contribution is 2.44. The van der Waals surface area contributed by atoms with Crippen molar-refractivity contribution in [2.45, 2.75) is 46.1 Å². The molecule has 182 valence electrons. The Morgan fingerprint density at radius 2 is 1.47 bits per heavy atom. The Labute approximate surface area is 200 Å². The van der Waals surface area contributed by atoms with Gasteiger partial charge in [0.25, 0.3) is 0 Å². The van der Waals surface area contributed by atoms with Gasteiger partial charge in [0.15, 0.2) is 0 Å². The molecule has 2 unspecified atom stereocenters. The Morgan fingerprint density at radius 3 is 1.97 bits per heavy atom. The van der Waals surface area contributed by atoms with Crippen molar-refractivity contribution in [3.8, 4) is 11.1 Å². The molecule has 0 saturated carbocycles. The number of aliphatic carboxylic acids is 1. The van der Waals surface area contributed by atoms with Gasteiger partial charge in [-0.2, -0.15) is 0 Å². The number of hydrogen-bond donors (Lipinski definition) is 3. The molecule has 0 fully saturated rings. The van der Waals surface area contributed by atoms with Gasteiger partial charge in [0.1, 0.15) is 12.6 Å². The molecule has 2 aromatic carbocycles. The minimum atomic E-state index is -0.898. The van der Waals surface area contributed by atoms with Crippen LogP contribution in [0.4, 0.5) is 4.79 Å². The van der Waals surface area contributed by atoms with Crippen LogP contribution in [0.15, 0.2) is 48.5 Å². The van der Waals surface area contributed by atoms with Gasteiger partial charge < -0.3 is 20.5 Å². The molecule has 2 amide bonds. The van der Waals surface area contributed by atoms with Gasteiger partial charge in [-0.1, -0.05) is 76.2 Å². The Morgan fingerprint density at radius 1 is 0.912 bits per heavy atom. The predicted molar refractivity (Wildman–Crippen MR) is 130 cm³/mol. The van der Waals surface area contributed by atoms with Crippen LogP contribution < -0.4 is 10.6 Å². The first-order chi connectivity index (χ1) is 16.2. The van der Waals surface area contributed by atoms with Crippen molar-refractivity contribution in [3.63, 3.8) is 0 Å². The quantitative estimate of drug-likeness (QED) is 0.481. The van der Waals surface area contributed by atoms with Gasteiger partial charge in [0, 0.05) is 12.5 Å². The number of carbonyl (C=O) groups excluding carboxylic acids is 2. The lowest BCUT2D eigenvalue weighted by Crippen LogP contribution is -2.51. The van der Waals surface area contributed by atoms with Crippen molar-refractivity contribution < 1.29 is 24.2 Å². The fraction of sp³-hybridized carbons (Fsp3) is 0.444. The maximum Gasteiger partial charge on any atom is 0.407 e. The summed E-state index contributed by atoms with van der Waals surface area (Å²) in [6.45, 7) is 7.93. The Hall–Kier alpha value is -3.35. The van der Waals surface area contributed by atoms with Crippen LogP contribution in [-0.2, 0) is 14.3 Å². The van der Waals surface area contributed by atoms with E-state index in [-0.39, 0.29) is 49.2 Å². The van der Waals surface area contributed by atoms with E-state index in [9.17, 15) is 14.4 Å². The fourth-order valence-electron chi connectivity index (χ4n) is 4.41. The molecular formula is C27H34N2O5. The number of nitrogens with one attached hydrogen (secondary N) is 2. The maximum absolute atomic E-state index is 12.8. The lowest BCUT2D eigenvalue weighted by Gasteiger charge is -2.25. The minimum Gasteiger partial charge on any atom is -0.481 e. The molecule has 3 N–H and O–H groups in total. The highest BCUT2D eigenvalue weighted by molar-refractivity contribution is 5.86. The molecule has 2 aromatic rings. The number of alkyl carbamates (subject to hydrolysis) is 1. The number of fused-ring (bicyclic) bond motifs is 3. The SMILES string of the molecule is CC(C)C(CNC(=O)C(NC(=O)OCC1c2ccccc2-c2ccccc21)C(C)C)CC(=O)O. The number of rotatable bonds is 10. The number of hydrogen-bond acceptors (Lipinski definition) is 4. The lowest BCUT2D eigenvalue weighted by molar-refractivity contribution is -0.138. The van der Waals surface area contributed by atoms with Crippen LogP contribution in [0.2, 0.25) is 0 Å². The molecule has 1 aliphatic carbocycles. The summed E-state index contributed by atoms with van der Waals surface area (Å²) < 4.78 is 5.58. The summed E-state index contributed by atoms with van der Waals surface area (Å²) in [5.74, 6) is -1.57. The molecule has 0 aliphatic heterocycles. The zero-order chi connectivity index (χ0) is 24.8. The molecule has 7 nitrogen and oxygen atoms in total. The van der Waals surface area contributed by atoms with Gasteiger partial charge in [0.2, 0.25) is 5.91 Å². The second kappa shape index (κ2) is 11.2. The van der Waals surface area contributed by atoms with E-state index >= 15 is 0 Å². The van der Waals surface area contributed by atoms with Crippen LogP contribution in [-0.4, -0.2) is 42.3 Å². The third-order valence-corrected chi connectivity index (χ3v) is 6.48. The average Bonchev–Trinajstić information content (AvgIpc) is 3.11. The van der Waals surface area contributed by atoms with E-state index < -0.39 is 18.1 Å². The molecular weight excluding hydrogens is 432 g/mol. The summed E-state index contributed by atoms with van der Waals surface area (Å²) in [5.41, 5.74) is 4.53. The second-order valence-electron chi connectivity index (χ2n) is 9.54. The van der Waals surface area contributed by atoms with E-state index in [2.05, 4.69) is 22.8 Å². The highest BCUT2D eigenvalue weighted by Gasteiger charge is 2.30. The fourth-order valence-corrected chi connectivity index (χ4v) is 4.41. The average molecular weight is 467 g/mol. The summed E-state index contributed by atoms with van der Waals surface area (Å²) >= 11 is 0. The van der Waals surface area contributed by atoms with Crippen molar-refractivity contribution in [1.29, 1.82) is 0 Å². The maximum atomic E-state index is 12.8. The van der Waals surface area contributed by atoms with Gasteiger partial charge >= 0.3 is 12.1 Å². The normalized spacial score (nSPS) is 14.3. The molecule has 0 aromatic heterocycles. The van der Waals surface area contributed by atoms with Crippen molar-refractivity contribution in [2.24, 2.45) is 17.8 Å². The largest absolute Gasteiger partial charge is 0.481 e. The minimum absolute atomic E-state index is 0.0237. The summed E-state index contributed by atoms with van der Waals surface area (Å²) in [4.78, 5) is 36.5. The number of carbonyl (C=O) groups is 3. The second-order valence-corrected chi connectivity index (χ2v) is 9.54. The molecule has 0 spiro atoms. The van der Waals surface area contributed by atoms with Gasteiger partial charge in [-0.05, 0) is 40.0 Å². The topological polar surface area (TPSA) is 105 Å². The summed E-state index contributed by atoms with van der Waals surface area (Å²) in [7, 11) is 0. The molecule has 7 heteroatoms. The van der Waals surface area contributed by atoms with E-state index in [1.54, 1.807) is 0 Å². The number of benzene rings is 2. The van der Waals surface area contributed by atoms with Crippen molar-refractivity contribution >= 4 is 18.0 Å². The number of ether oxygens (including phenoxy) is 1. The Kier molecular flexibility index (Phi) is 8.31. The standard InChI is InChI=1S/C27H34N2O5/c1-16(2)18(13-24(30)31)14-28-26(32)25(17(3)4)29-27(33)34-15-23-21-11-7-5-9-19(21)20-10-6-8-12-22(20)23/h5-12,16-18,23,25H,13-15H2,1-4H3,(H,28,32)(H,29,33)(H,30,31). The van der Waals surface area contributed by atoms with Crippen molar-refractivity contribution in [2.75, 3.05) is 13.2 Å². The first kappa shape index (κ1) is 25.3. The van der Waals surface area contributed by atoms with Gasteiger partial charge in [-0.3, -0.25) is 9.59 Å². The number of carboxylic acid groups (broad SMARTS) is 1. The first-order valence-corrected chi connectivity index (χ1v) is 11.8. The third kappa shape index (κ3) is 5.95. The molecule has 0 bridgehead atoms. The van der Waals surface area contributed by atoms with Crippen LogP contribution in [0.1, 0.15) is 51.2 Å². The van der Waals surface area contributed by atoms with Crippen molar-refractivity contribution in [3.05, 3.63) is 59.7 Å². The van der Waals surface area contributed by atoms with E-state index in [1.165, 1.54) is 0 Å². The third-order valence-electron chi connectivity index (χ3n) is 6.48. The van der Waals surface area contributed by atoms with Crippen LogP contribution in [0.3, 0.4) is 0 Å². The molecule has 2 atom stereocenters. The summed E-state index contributed by atoms with van der Waals surface area (Å²) in [5, 5.41) is 14.6. The van der Waals surface area contributed by atoms with E-state index in [0.717, 1.165) is 22.3 Å². The van der Waals surface area contributed by atoms with Gasteiger partial charge in [-0.25, -0.2) is 4.79 Å². The predicted octanol–water partition coefficient (Wildman–Crippen LogP) is 4.41. The number of carboxylic acids is 1. The molecule has 0 radical (unpaired) electrons. The molecule has 0 heterocycles. The highest BCUT2D eigenvalue weighted by atomic mass is 16.5. The Bertz CT molecular complexity index is 988. The lowest BCUT2D eigenvalue weighted by atomic mass is 9.92. The van der Waals surface area contributed by atoms with Crippen LogP contribution in [0.5, 0.6) is 0 Å². The molecule has 34 heavy (non-hydrogen) atoms. The van der Waals surface area contributed by atoms with Crippen molar-refractivity contribution in [1.82, 2.24) is 10.6 Å². The first-order valence-electron chi connectivity index (χ1n) is 11.8. The van der Waals surface area contributed by atoms with E-state index in [1.807, 2.05) is 64.1 Å².